The van der Waals surface area contributed by atoms with Gasteiger partial charge in [0.25, 0.3) is 5.92 Å². The van der Waals surface area contributed by atoms with Crippen molar-refractivity contribution < 1.29 is 23.2 Å². The molecule has 1 aromatic carbocycles. The van der Waals surface area contributed by atoms with E-state index in [0.717, 1.165) is 16.0 Å². The van der Waals surface area contributed by atoms with Crippen molar-refractivity contribution in [1.82, 2.24) is 9.88 Å². The number of aromatic nitrogens is 1. The normalized spacial score (nSPS) is 19.1. The minimum absolute atomic E-state index is 0. The fraction of sp³-hybridized carbons (Fsp3) is 0.292. The van der Waals surface area contributed by atoms with Crippen LogP contribution in [0.1, 0.15) is 41.6 Å². The molecule has 9 heteroatoms. The van der Waals surface area contributed by atoms with Gasteiger partial charge in [0.1, 0.15) is 6.04 Å². The summed E-state index contributed by atoms with van der Waals surface area (Å²) >= 11 is 0. The van der Waals surface area contributed by atoms with E-state index in [2.05, 4.69) is 4.98 Å². The molecule has 1 amide bonds. The van der Waals surface area contributed by atoms with Crippen molar-refractivity contribution in [3.63, 3.8) is 0 Å². The minimum Gasteiger partial charge on any atom is -0.320 e. The van der Waals surface area contributed by atoms with E-state index in [-0.39, 0.29) is 37.9 Å². The largest absolute Gasteiger partial charge is 0.320 e. The lowest BCUT2D eigenvalue weighted by Crippen LogP contribution is -2.36. The lowest BCUT2D eigenvalue weighted by molar-refractivity contribution is -0.132. The Balaban J connectivity index is 0.00000306. The molecule has 0 saturated carbocycles. The van der Waals surface area contributed by atoms with E-state index in [9.17, 15) is 23.2 Å². The van der Waals surface area contributed by atoms with Gasteiger partial charge in [-0.1, -0.05) is 18.2 Å². The molecule has 6 nitrogen and oxygen atoms in total. The van der Waals surface area contributed by atoms with Gasteiger partial charge in [-0.2, -0.15) is 18.8 Å². The number of halogens is 2. The monoisotopic (exact) mass is 469 g/mol. The van der Waals surface area contributed by atoms with Gasteiger partial charge in [-0.3, -0.25) is 19.4 Å². The van der Waals surface area contributed by atoms with E-state index < -0.39 is 30.8 Å². The van der Waals surface area contributed by atoms with Crippen LogP contribution in [0.25, 0.3) is 16.5 Å². The topological polar surface area (TPSA) is 91.1 Å². The number of fused-ring (bicyclic) bond motifs is 1. The van der Waals surface area contributed by atoms with Crippen molar-refractivity contribution in [2.45, 2.75) is 37.6 Å². The van der Waals surface area contributed by atoms with Crippen LogP contribution in [0.5, 0.6) is 0 Å². The van der Waals surface area contributed by atoms with Gasteiger partial charge in [0.05, 0.1) is 18.1 Å². The number of allylic oxidation sites excluding steroid dienone is 4. The van der Waals surface area contributed by atoms with E-state index >= 15 is 0 Å². The first-order chi connectivity index (χ1) is 15.3. The molecule has 0 unspecified atom stereocenters. The zero-order valence-corrected chi connectivity index (χ0v) is 18.6. The molecule has 0 N–H and O–H groups in total. The van der Waals surface area contributed by atoms with Crippen LogP contribution in [0.4, 0.5) is 8.78 Å². The molecule has 2 aromatic rings. The molecule has 4 rings (SSSR count). The second-order valence-electron chi connectivity index (χ2n) is 7.90. The van der Waals surface area contributed by atoms with E-state index in [1.807, 2.05) is 18.2 Å². The van der Waals surface area contributed by atoms with Gasteiger partial charge in [-0.05, 0) is 35.4 Å². The maximum atomic E-state index is 13.6. The summed E-state index contributed by atoms with van der Waals surface area (Å²) in [5.41, 5.74) is 2.67. The summed E-state index contributed by atoms with van der Waals surface area (Å²) < 4.78 is 27.2. The number of alkyl halides is 2. The summed E-state index contributed by atoms with van der Waals surface area (Å²) in [6.45, 7) is -0.801. The molecule has 2 aliphatic rings. The Hall–Kier alpha value is -3.38. The van der Waals surface area contributed by atoms with Gasteiger partial charge in [-0.25, -0.2) is 8.78 Å². The molecule has 1 atom stereocenters. The second-order valence-corrected chi connectivity index (χ2v) is 7.90. The van der Waals surface area contributed by atoms with Crippen molar-refractivity contribution in [3.8, 4) is 6.07 Å². The Morgan fingerprint density at radius 3 is 2.70 bits per heavy atom. The number of hydrogen-bond acceptors (Lipinski definition) is 5. The number of carbonyl (C=O) groups excluding carboxylic acids is 3. The van der Waals surface area contributed by atoms with Gasteiger partial charge in [0.15, 0.2) is 11.6 Å². The van der Waals surface area contributed by atoms with Gasteiger partial charge in [0.2, 0.25) is 5.91 Å². The summed E-state index contributed by atoms with van der Waals surface area (Å²) in [6, 6.07) is 7.57. The average molecular weight is 470 g/mol. The van der Waals surface area contributed by atoms with Crippen LogP contribution >= 0.6 is 13.5 Å². The predicted octanol–water partition coefficient (Wildman–Crippen LogP) is 3.98. The molecule has 170 valence electrons. The number of nitriles is 1. The van der Waals surface area contributed by atoms with Gasteiger partial charge in [-0.15, -0.1) is 0 Å². The highest BCUT2D eigenvalue weighted by molar-refractivity contribution is 7.59. The standard InChI is InChI=1S/C24H19F2N3O3.H2S/c25-24(26)12-17(13-27)29(14-24)23(32)8-7-22(31)19-9-10-28-21-6-3-16(11-20(19)21)15-1-4-18(30)5-2-15;/h1-4,6,9-11,17H,5,7-8,12,14H2;1H2/t17-;/m0./s1. The van der Waals surface area contributed by atoms with Crippen molar-refractivity contribution in [2.24, 2.45) is 0 Å². The van der Waals surface area contributed by atoms with E-state index in [1.54, 1.807) is 24.3 Å². The highest BCUT2D eigenvalue weighted by atomic mass is 32.1. The zero-order valence-electron chi connectivity index (χ0n) is 17.6. The fourth-order valence-electron chi connectivity index (χ4n) is 4.01. The van der Waals surface area contributed by atoms with Gasteiger partial charge in [0, 0.05) is 42.8 Å². The molecule has 1 aliphatic carbocycles. The van der Waals surface area contributed by atoms with E-state index in [4.69, 9.17) is 5.26 Å². The molecule has 33 heavy (non-hydrogen) atoms. The van der Waals surface area contributed by atoms with Gasteiger partial charge < -0.3 is 4.90 Å². The highest BCUT2D eigenvalue weighted by Gasteiger charge is 2.47. The Morgan fingerprint density at radius 1 is 1.21 bits per heavy atom. The number of carbonyl (C=O) groups is 3. The Labute approximate surface area is 196 Å². The molecular weight excluding hydrogens is 448 g/mol. The number of benzene rings is 1. The predicted molar refractivity (Wildman–Crippen MR) is 123 cm³/mol. The van der Waals surface area contributed by atoms with Crippen LogP contribution in [0, 0.1) is 11.3 Å². The first-order valence-corrected chi connectivity index (χ1v) is 10.2. The van der Waals surface area contributed by atoms with Crippen LogP contribution < -0.4 is 0 Å². The molecular formula is C24H21F2N3O3S. The number of Topliss-reactive ketones (excluding diaryl/α,β-unsaturated/α-hetero) is 1. The van der Waals surface area contributed by atoms with E-state index in [0.29, 0.717) is 22.9 Å². The molecule has 1 aromatic heterocycles. The summed E-state index contributed by atoms with van der Waals surface area (Å²) in [6.07, 6.45) is 5.75. The molecule has 2 heterocycles. The van der Waals surface area contributed by atoms with Crippen molar-refractivity contribution in [2.75, 3.05) is 6.54 Å². The van der Waals surface area contributed by atoms with E-state index in [1.165, 1.54) is 12.3 Å². The Kier molecular flexibility index (Phi) is 7.08. The number of nitrogens with zero attached hydrogens (tertiary/aromatic N) is 3. The maximum Gasteiger partial charge on any atom is 0.268 e. The minimum atomic E-state index is -3.09. The molecule has 1 saturated heterocycles. The maximum absolute atomic E-state index is 13.6. The highest BCUT2D eigenvalue weighted by Crippen LogP contribution is 2.32. The number of pyridine rings is 1. The summed E-state index contributed by atoms with van der Waals surface area (Å²) in [4.78, 5) is 41.9. The molecule has 1 aliphatic heterocycles. The number of hydrogen-bond donors (Lipinski definition) is 0. The third-order valence-electron chi connectivity index (χ3n) is 5.65. The molecule has 0 bridgehead atoms. The fourth-order valence-corrected chi connectivity index (χ4v) is 4.01. The van der Waals surface area contributed by atoms with Gasteiger partial charge >= 0.3 is 0 Å². The second kappa shape index (κ2) is 9.63. The Morgan fingerprint density at radius 2 is 2.00 bits per heavy atom. The number of rotatable bonds is 5. The summed E-state index contributed by atoms with van der Waals surface area (Å²) in [5.74, 6) is -4.02. The molecule has 1 fully saturated rings. The van der Waals surface area contributed by atoms with Crippen LogP contribution in [-0.2, 0) is 9.59 Å². The SMILES string of the molecule is N#C[C@@H]1CC(F)(F)CN1C(=O)CCC(=O)c1ccnc2ccc(C3=CCC(=O)C=C3)cc12.S. The average Bonchev–Trinajstić information content (AvgIpc) is 3.11. The summed E-state index contributed by atoms with van der Waals surface area (Å²) in [5, 5.41) is 9.67. The molecule has 0 spiro atoms. The van der Waals surface area contributed by atoms with Crippen molar-refractivity contribution >= 4 is 47.4 Å². The Bertz CT molecular complexity index is 1230. The first kappa shape index (κ1) is 24.3. The molecule has 0 radical (unpaired) electrons. The number of amides is 1. The number of ketones is 2. The van der Waals surface area contributed by atoms with Crippen LogP contribution in [0.3, 0.4) is 0 Å². The lowest BCUT2D eigenvalue weighted by Gasteiger charge is -2.18. The van der Waals surface area contributed by atoms with Crippen LogP contribution in [0.2, 0.25) is 0 Å². The van der Waals surface area contributed by atoms with Crippen LogP contribution in [-0.4, -0.2) is 45.9 Å². The number of likely N-dealkylation sites (tertiary alicyclic amines) is 1. The third-order valence-corrected chi connectivity index (χ3v) is 5.65. The lowest BCUT2D eigenvalue weighted by atomic mass is 9.95. The van der Waals surface area contributed by atoms with Crippen molar-refractivity contribution in [3.05, 3.63) is 59.8 Å². The third kappa shape index (κ3) is 5.17. The summed E-state index contributed by atoms with van der Waals surface area (Å²) in [7, 11) is 0. The van der Waals surface area contributed by atoms with Crippen LogP contribution in [0.15, 0.2) is 48.7 Å². The smallest absolute Gasteiger partial charge is 0.268 e. The zero-order chi connectivity index (χ0) is 22.9. The van der Waals surface area contributed by atoms with Crippen molar-refractivity contribution in [1.29, 1.82) is 5.26 Å². The quantitative estimate of drug-likeness (QED) is 0.618. The first-order valence-electron chi connectivity index (χ1n) is 10.2.